The molecule has 0 saturated heterocycles. The van der Waals surface area contributed by atoms with Gasteiger partial charge in [-0.15, -0.1) is 11.3 Å². The molecular formula is C19H19NO4S. The second-order valence-corrected chi connectivity index (χ2v) is 6.36. The minimum Gasteiger partial charge on any atom is -0.452 e. The monoisotopic (exact) mass is 357 g/mol. The third-order valence-corrected chi connectivity index (χ3v) is 4.22. The molecule has 25 heavy (non-hydrogen) atoms. The first kappa shape index (κ1) is 18.6. The minimum atomic E-state index is -0.643. The molecule has 0 aliphatic rings. The van der Waals surface area contributed by atoms with Crippen LogP contribution < -0.4 is 5.32 Å². The zero-order chi connectivity index (χ0) is 18.1. The van der Waals surface area contributed by atoms with Crippen molar-refractivity contribution in [3.63, 3.8) is 0 Å². The number of thiophene rings is 1. The molecule has 6 heteroatoms. The van der Waals surface area contributed by atoms with Crippen molar-refractivity contribution in [2.45, 2.75) is 19.4 Å². The number of carbonyl (C=O) groups is 3. The Morgan fingerprint density at radius 2 is 1.92 bits per heavy atom. The van der Waals surface area contributed by atoms with Crippen LogP contribution in [0.2, 0.25) is 0 Å². The zero-order valence-electron chi connectivity index (χ0n) is 13.8. The Labute approximate surface area is 150 Å². The summed E-state index contributed by atoms with van der Waals surface area (Å²) in [6.45, 7) is 0.996. The van der Waals surface area contributed by atoms with Crippen molar-refractivity contribution in [2.24, 2.45) is 0 Å². The molecule has 1 heterocycles. The molecule has 0 fully saturated rings. The fourth-order valence-electron chi connectivity index (χ4n) is 2.10. The quantitative estimate of drug-likeness (QED) is 0.582. The third kappa shape index (κ3) is 6.73. The molecule has 1 amide bonds. The van der Waals surface area contributed by atoms with E-state index in [2.05, 4.69) is 5.32 Å². The van der Waals surface area contributed by atoms with Crippen LogP contribution in [-0.4, -0.2) is 30.3 Å². The molecular weight excluding hydrogens is 338 g/mol. The lowest BCUT2D eigenvalue weighted by Gasteiger charge is -2.16. The first-order valence-electron chi connectivity index (χ1n) is 7.76. The maximum atomic E-state index is 11.9. The molecule has 0 unspecified atom stereocenters. The molecule has 0 spiro atoms. The van der Waals surface area contributed by atoms with Crippen LogP contribution in [0.5, 0.6) is 0 Å². The molecule has 130 valence electrons. The van der Waals surface area contributed by atoms with Crippen LogP contribution in [-0.2, 0) is 25.5 Å². The zero-order valence-corrected chi connectivity index (χ0v) is 14.6. The highest BCUT2D eigenvalue weighted by Crippen LogP contribution is 2.10. The Hall–Kier alpha value is -2.73. The average Bonchev–Trinajstić information content (AvgIpc) is 3.12. The molecule has 0 saturated carbocycles. The van der Waals surface area contributed by atoms with Gasteiger partial charge in [-0.25, -0.2) is 4.79 Å². The van der Waals surface area contributed by atoms with Gasteiger partial charge < -0.3 is 10.1 Å². The molecule has 2 rings (SSSR count). The molecule has 1 aromatic carbocycles. The van der Waals surface area contributed by atoms with E-state index in [-0.39, 0.29) is 5.78 Å². The Balaban J connectivity index is 1.80. The number of nitrogens with one attached hydrogen (secondary N) is 1. The molecule has 0 radical (unpaired) electrons. The molecule has 0 aliphatic heterocycles. The van der Waals surface area contributed by atoms with Gasteiger partial charge in [0.1, 0.15) is 0 Å². The summed E-state index contributed by atoms with van der Waals surface area (Å²) in [4.78, 5) is 36.2. The van der Waals surface area contributed by atoms with E-state index in [0.29, 0.717) is 6.42 Å². The summed E-state index contributed by atoms with van der Waals surface area (Å²) in [6.07, 6.45) is 3.29. The highest BCUT2D eigenvalue weighted by atomic mass is 32.1. The normalized spacial score (nSPS) is 11.9. The van der Waals surface area contributed by atoms with Crippen LogP contribution in [0.4, 0.5) is 0 Å². The highest BCUT2D eigenvalue weighted by molar-refractivity contribution is 7.10. The van der Waals surface area contributed by atoms with Crippen molar-refractivity contribution in [3.8, 4) is 0 Å². The smallest absolute Gasteiger partial charge is 0.331 e. The van der Waals surface area contributed by atoms with E-state index < -0.39 is 24.5 Å². The predicted octanol–water partition coefficient (Wildman–Crippen LogP) is 2.62. The van der Waals surface area contributed by atoms with Crippen LogP contribution in [0.3, 0.4) is 0 Å². The molecule has 1 aromatic heterocycles. The molecule has 1 N–H and O–H groups in total. The fourth-order valence-corrected chi connectivity index (χ4v) is 2.72. The Morgan fingerprint density at radius 1 is 1.16 bits per heavy atom. The van der Waals surface area contributed by atoms with E-state index in [1.807, 2.05) is 47.8 Å². The van der Waals surface area contributed by atoms with E-state index in [4.69, 9.17) is 4.74 Å². The molecule has 0 aliphatic carbocycles. The number of benzene rings is 1. The molecule has 1 atom stereocenters. The number of esters is 1. The van der Waals surface area contributed by atoms with Crippen molar-refractivity contribution in [2.75, 3.05) is 6.61 Å². The van der Waals surface area contributed by atoms with Gasteiger partial charge in [-0.2, -0.15) is 0 Å². The van der Waals surface area contributed by atoms with Crippen molar-refractivity contribution >= 4 is 35.1 Å². The summed E-state index contributed by atoms with van der Waals surface area (Å²) < 4.78 is 4.89. The Bertz CT molecular complexity index is 738. The largest absolute Gasteiger partial charge is 0.452 e. The van der Waals surface area contributed by atoms with E-state index in [1.165, 1.54) is 24.3 Å². The Morgan fingerprint density at radius 3 is 2.56 bits per heavy atom. The first-order chi connectivity index (χ1) is 12.0. The lowest BCUT2D eigenvalue weighted by molar-refractivity contribution is -0.144. The number of ether oxygens (including phenoxy) is 1. The van der Waals surface area contributed by atoms with Gasteiger partial charge in [-0.1, -0.05) is 36.4 Å². The van der Waals surface area contributed by atoms with Crippen LogP contribution in [0.15, 0.2) is 53.9 Å². The topological polar surface area (TPSA) is 72.5 Å². The van der Waals surface area contributed by atoms with Gasteiger partial charge in [-0.05, 0) is 36.4 Å². The standard InChI is InChI=1S/C19H19NO4S/c1-14(21)17(12-15-6-3-2-4-7-15)20-18(22)13-24-19(23)10-9-16-8-5-11-25-16/h2-11,17H,12-13H2,1H3,(H,20,22)/b10-9+/t17-/m1/s1. The number of hydrogen-bond acceptors (Lipinski definition) is 5. The predicted molar refractivity (Wildman–Crippen MR) is 97.1 cm³/mol. The number of Topliss-reactive ketones (excluding diaryl/α,β-unsaturated/α-hetero) is 1. The maximum absolute atomic E-state index is 11.9. The van der Waals surface area contributed by atoms with Crippen molar-refractivity contribution in [1.82, 2.24) is 5.32 Å². The summed E-state index contributed by atoms with van der Waals surface area (Å²) in [5.41, 5.74) is 0.943. The van der Waals surface area contributed by atoms with E-state index in [1.54, 1.807) is 6.08 Å². The van der Waals surface area contributed by atoms with Crippen molar-refractivity contribution in [1.29, 1.82) is 0 Å². The average molecular weight is 357 g/mol. The molecule has 5 nitrogen and oxygen atoms in total. The third-order valence-electron chi connectivity index (χ3n) is 3.38. The van der Waals surface area contributed by atoms with Gasteiger partial charge in [0.05, 0.1) is 6.04 Å². The number of carbonyl (C=O) groups excluding carboxylic acids is 3. The Kier molecular flexibility index (Phi) is 7.10. The summed E-state index contributed by atoms with van der Waals surface area (Å²) in [6, 6.07) is 12.5. The molecule has 0 bridgehead atoms. The molecule has 2 aromatic rings. The number of amides is 1. The fraction of sp³-hybridized carbons (Fsp3) is 0.211. The van der Waals surface area contributed by atoms with E-state index in [9.17, 15) is 14.4 Å². The summed E-state index contributed by atoms with van der Waals surface area (Å²) in [5, 5.41) is 4.50. The van der Waals surface area contributed by atoms with Gasteiger partial charge in [-0.3, -0.25) is 9.59 Å². The lowest BCUT2D eigenvalue weighted by atomic mass is 10.0. The van der Waals surface area contributed by atoms with Gasteiger partial charge in [0.15, 0.2) is 12.4 Å². The van der Waals surface area contributed by atoms with Crippen LogP contribution in [0.25, 0.3) is 6.08 Å². The number of rotatable bonds is 8. The second kappa shape index (κ2) is 9.54. The number of hydrogen-bond donors (Lipinski definition) is 1. The van der Waals surface area contributed by atoms with Crippen molar-refractivity contribution < 1.29 is 19.1 Å². The van der Waals surface area contributed by atoms with Gasteiger partial charge in [0.2, 0.25) is 0 Å². The first-order valence-corrected chi connectivity index (χ1v) is 8.64. The highest BCUT2D eigenvalue weighted by Gasteiger charge is 2.18. The van der Waals surface area contributed by atoms with Gasteiger partial charge in [0.25, 0.3) is 5.91 Å². The summed E-state index contributed by atoms with van der Waals surface area (Å²) >= 11 is 1.49. The van der Waals surface area contributed by atoms with E-state index >= 15 is 0 Å². The van der Waals surface area contributed by atoms with Gasteiger partial charge >= 0.3 is 5.97 Å². The minimum absolute atomic E-state index is 0.152. The summed E-state index contributed by atoms with van der Waals surface area (Å²) in [5.74, 6) is -1.26. The second-order valence-electron chi connectivity index (χ2n) is 5.38. The van der Waals surface area contributed by atoms with Crippen LogP contribution in [0, 0.1) is 0 Å². The number of ketones is 1. The summed E-state index contributed by atoms with van der Waals surface area (Å²) in [7, 11) is 0. The van der Waals surface area contributed by atoms with Crippen molar-refractivity contribution in [3.05, 3.63) is 64.4 Å². The van der Waals surface area contributed by atoms with Crippen LogP contribution in [0.1, 0.15) is 17.4 Å². The SMILES string of the molecule is CC(=O)[C@@H](Cc1ccccc1)NC(=O)COC(=O)/C=C/c1cccs1. The van der Waals surface area contributed by atoms with Gasteiger partial charge in [0, 0.05) is 11.0 Å². The lowest BCUT2D eigenvalue weighted by Crippen LogP contribution is -2.43. The van der Waals surface area contributed by atoms with E-state index in [0.717, 1.165) is 10.4 Å². The maximum Gasteiger partial charge on any atom is 0.331 e. The van der Waals surface area contributed by atoms with Crippen LogP contribution >= 0.6 is 11.3 Å².